The van der Waals surface area contributed by atoms with E-state index in [1.807, 2.05) is 42.5 Å². The molecule has 0 saturated carbocycles. The maximum Gasteiger partial charge on any atom is 0.260 e. The second-order valence-electron chi connectivity index (χ2n) is 6.60. The fourth-order valence-electron chi connectivity index (χ4n) is 3.72. The molecular weight excluding hydrogens is 369 g/mol. The molecule has 1 unspecified atom stereocenters. The summed E-state index contributed by atoms with van der Waals surface area (Å²) >= 11 is 0. The lowest BCUT2D eigenvalue weighted by Gasteiger charge is -2.37. The first-order chi connectivity index (χ1) is 14.1. The highest BCUT2D eigenvalue weighted by atomic mass is 19.1. The van der Waals surface area contributed by atoms with Crippen LogP contribution < -0.4 is 5.73 Å². The summed E-state index contributed by atoms with van der Waals surface area (Å²) in [6.45, 7) is 0. The van der Waals surface area contributed by atoms with E-state index in [2.05, 4.69) is 10.1 Å². The van der Waals surface area contributed by atoms with Gasteiger partial charge in [-0.1, -0.05) is 47.6 Å². The molecule has 0 bridgehead atoms. The van der Waals surface area contributed by atoms with E-state index in [4.69, 9.17) is 5.73 Å². The standard InChI is InChI=1S/C22H18FN5O/c1-27-21(17-5-3-2-4-6-17)20(16-11-13-25-14-12-16)22(24,28(27)26-15-29)18-7-9-19(23)10-8-18/h2-14H,24H2,1H3. The minimum atomic E-state index is -1.37. The molecule has 0 radical (unpaired) electrons. The Kier molecular flexibility index (Phi) is 4.68. The molecule has 2 heterocycles. The number of benzene rings is 2. The van der Waals surface area contributed by atoms with Crippen LogP contribution in [0.1, 0.15) is 16.7 Å². The second kappa shape index (κ2) is 7.31. The van der Waals surface area contributed by atoms with Crippen LogP contribution in [0.4, 0.5) is 4.39 Å². The number of hydrogen-bond donors (Lipinski definition) is 1. The molecule has 1 aliphatic rings. The molecule has 2 aromatic carbocycles. The number of hydrogen-bond acceptors (Lipinski definition) is 6. The molecule has 1 aliphatic heterocycles. The lowest BCUT2D eigenvalue weighted by atomic mass is 9.86. The van der Waals surface area contributed by atoms with Crippen molar-refractivity contribution in [2.24, 2.45) is 10.8 Å². The van der Waals surface area contributed by atoms with Gasteiger partial charge in [-0.2, -0.15) is 5.12 Å². The van der Waals surface area contributed by atoms with E-state index in [0.29, 0.717) is 11.1 Å². The van der Waals surface area contributed by atoms with Crippen LogP contribution in [0.5, 0.6) is 0 Å². The van der Waals surface area contributed by atoms with Crippen LogP contribution in [0, 0.1) is 5.82 Å². The summed E-state index contributed by atoms with van der Waals surface area (Å²) in [5.41, 5.74) is 9.34. The van der Waals surface area contributed by atoms with Gasteiger partial charge >= 0.3 is 0 Å². The molecule has 3 aromatic rings. The average Bonchev–Trinajstić information content (AvgIpc) is 2.98. The molecule has 7 heteroatoms. The maximum atomic E-state index is 13.6. The summed E-state index contributed by atoms with van der Waals surface area (Å²) in [5, 5.41) is 6.96. The zero-order valence-corrected chi connectivity index (χ0v) is 15.7. The van der Waals surface area contributed by atoms with E-state index in [1.54, 1.807) is 42.7 Å². The highest BCUT2D eigenvalue weighted by Crippen LogP contribution is 2.49. The number of aromatic nitrogens is 1. The number of isocyanates is 1. The van der Waals surface area contributed by atoms with Crippen molar-refractivity contribution in [2.75, 3.05) is 7.05 Å². The normalized spacial score (nSPS) is 18.7. The average molecular weight is 387 g/mol. The minimum Gasteiger partial charge on any atom is -0.298 e. The van der Waals surface area contributed by atoms with Crippen molar-refractivity contribution in [1.29, 1.82) is 0 Å². The monoisotopic (exact) mass is 387 g/mol. The second-order valence-corrected chi connectivity index (χ2v) is 6.60. The smallest absolute Gasteiger partial charge is 0.260 e. The van der Waals surface area contributed by atoms with Gasteiger partial charge in [0.05, 0.1) is 5.70 Å². The Labute approximate surface area is 167 Å². The minimum absolute atomic E-state index is 0.383. The van der Waals surface area contributed by atoms with Crippen molar-refractivity contribution in [3.05, 3.63) is 102 Å². The Morgan fingerprint density at radius 3 is 2.28 bits per heavy atom. The largest absolute Gasteiger partial charge is 0.298 e. The summed E-state index contributed by atoms with van der Waals surface area (Å²) in [7, 11) is 1.77. The number of nitrogens with two attached hydrogens (primary N) is 1. The number of hydrazine groups is 1. The first-order valence-corrected chi connectivity index (χ1v) is 8.94. The van der Waals surface area contributed by atoms with Crippen LogP contribution >= 0.6 is 0 Å². The number of pyridine rings is 1. The lowest BCUT2D eigenvalue weighted by molar-refractivity contribution is -0.00442. The van der Waals surface area contributed by atoms with Gasteiger partial charge in [0.1, 0.15) is 5.82 Å². The SMILES string of the molecule is CN1C(c2ccccc2)=C(c2ccncc2)C(N)(c2ccc(F)cc2)N1N=C=O. The molecule has 0 fully saturated rings. The molecule has 0 saturated heterocycles. The van der Waals surface area contributed by atoms with Gasteiger partial charge in [0.15, 0.2) is 5.66 Å². The van der Waals surface area contributed by atoms with Crippen LogP contribution in [-0.4, -0.2) is 28.2 Å². The third-order valence-corrected chi connectivity index (χ3v) is 4.98. The first-order valence-electron chi connectivity index (χ1n) is 8.94. The van der Waals surface area contributed by atoms with Crippen LogP contribution in [0.15, 0.2) is 84.2 Å². The topological polar surface area (TPSA) is 74.8 Å². The van der Waals surface area contributed by atoms with Crippen molar-refractivity contribution in [1.82, 2.24) is 15.1 Å². The van der Waals surface area contributed by atoms with Crippen LogP contribution in [0.2, 0.25) is 0 Å². The quantitative estimate of drug-likeness (QED) is 0.549. The van der Waals surface area contributed by atoms with Gasteiger partial charge < -0.3 is 0 Å². The third-order valence-electron chi connectivity index (χ3n) is 4.98. The van der Waals surface area contributed by atoms with E-state index in [-0.39, 0.29) is 5.82 Å². The molecule has 0 amide bonds. The molecule has 6 nitrogen and oxygen atoms in total. The van der Waals surface area contributed by atoms with E-state index >= 15 is 0 Å². The summed E-state index contributed by atoms with van der Waals surface area (Å²) < 4.78 is 13.6. The van der Waals surface area contributed by atoms with Crippen molar-refractivity contribution in [3.63, 3.8) is 0 Å². The fourth-order valence-corrected chi connectivity index (χ4v) is 3.72. The van der Waals surface area contributed by atoms with E-state index in [9.17, 15) is 9.18 Å². The van der Waals surface area contributed by atoms with Crippen LogP contribution in [-0.2, 0) is 10.5 Å². The molecule has 29 heavy (non-hydrogen) atoms. The number of hydrazone groups is 1. The Hall–Kier alpha value is -3.80. The molecule has 1 atom stereocenters. The van der Waals surface area contributed by atoms with Gasteiger partial charge in [0.25, 0.3) is 6.08 Å². The van der Waals surface area contributed by atoms with Crippen LogP contribution in [0.3, 0.4) is 0 Å². The van der Waals surface area contributed by atoms with Gasteiger partial charge in [-0.3, -0.25) is 15.7 Å². The third kappa shape index (κ3) is 2.99. The highest BCUT2D eigenvalue weighted by molar-refractivity contribution is 5.96. The number of halogens is 1. The van der Waals surface area contributed by atoms with E-state index < -0.39 is 5.66 Å². The fraction of sp³-hybridized carbons (Fsp3) is 0.0909. The molecule has 2 N–H and O–H groups in total. The zero-order chi connectivity index (χ0) is 20.4. The van der Waals surface area contributed by atoms with Gasteiger partial charge in [-0.05, 0) is 29.8 Å². The van der Waals surface area contributed by atoms with Crippen molar-refractivity contribution < 1.29 is 9.18 Å². The molecule has 1 aromatic heterocycles. The summed E-state index contributed by atoms with van der Waals surface area (Å²) in [5.74, 6) is -0.383. The highest BCUT2D eigenvalue weighted by Gasteiger charge is 2.50. The van der Waals surface area contributed by atoms with E-state index in [1.165, 1.54) is 17.3 Å². The van der Waals surface area contributed by atoms with Gasteiger partial charge in [-0.25, -0.2) is 9.18 Å². The number of carbonyl (C=O) groups excluding carboxylic acids is 1. The molecule has 4 rings (SSSR count). The summed E-state index contributed by atoms with van der Waals surface area (Å²) in [6, 6.07) is 19.2. The van der Waals surface area contributed by atoms with Gasteiger partial charge in [0, 0.05) is 36.1 Å². The van der Waals surface area contributed by atoms with Crippen molar-refractivity contribution in [3.8, 4) is 0 Å². The predicted octanol–water partition coefficient (Wildman–Crippen LogP) is 3.31. The molecule has 0 spiro atoms. The van der Waals surface area contributed by atoms with E-state index in [0.717, 1.165) is 16.8 Å². The maximum absolute atomic E-state index is 13.6. The zero-order valence-electron chi connectivity index (χ0n) is 15.7. The molecule has 0 aliphatic carbocycles. The molecular formula is C22H18FN5O. The Balaban J connectivity index is 2.07. The first kappa shape index (κ1) is 18.6. The summed E-state index contributed by atoms with van der Waals surface area (Å²) in [4.78, 5) is 15.4. The van der Waals surface area contributed by atoms with Gasteiger partial charge in [-0.15, -0.1) is 0 Å². The van der Waals surface area contributed by atoms with Crippen molar-refractivity contribution in [2.45, 2.75) is 5.66 Å². The van der Waals surface area contributed by atoms with Gasteiger partial charge in [0.2, 0.25) is 0 Å². The lowest BCUT2D eigenvalue weighted by Crippen LogP contribution is -2.51. The number of nitrogens with zero attached hydrogens (tertiary/aromatic N) is 4. The molecule has 144 valence electrons. The number of rotatable bonds is 4. The Bertz CT molecular complexity index is 1100. The Morgan fingerprint density at radius 2 is 1.66 bits per heavy atom. The van der Waals surface area contributed by atoms with Crippen molar-refractivity contribution >= 4 is 17.4 Å². The van der Waals surface area contributed by atoms with Crippen LogP contribution in [0.25, 0.3) is 11.3 Å². The summed E-state index contributed by atoms with van der Waals surface area (Å²) in [6.07, 6.45) is 4.92. The Morgan fingerprint density at radius 1 is 1.00 bits per heavy atom. The predicted molar refractivity (Wildman–Crippen MR) is 107 cm³/mol.